The molecular weight excluding hydrogens is 544 g/mol. The van der Waals surface area contributed by atoms with Crippen molar-refractivity contribution >= 4 is 40.3 Å². The molecule has 2 N–H and O–H groups in total. The molecule has 2 aromatic carbocycles. The summed E-state index contributed by atoms with van der Waals surface area (Å²) in [5.41, 5.74) is 4.45. The zero-order chi connectivity index (χ0) is 29.2. The minimum atomic E-state index is -0.976. The van der Waals surface area contributed by atoms with E-state index in [0.717, 1.165) is 49.0 Å². The molecule has 4 rings (SSSR count). The summed E-state index contributed by atoms with van der Waals surface area (Å²) in [4.78, 5) is 38.4. The number of unbranched alkanes of at least 4 members (excludes halogenated alkanes) is 1. The Morgan fingerprint density at radius 2 is 1.85 bits per heavy atom. The van der Waals surface area contributed by atoms with Gasteiger partial charge < -0.3 is 19.5 Å². The maximum atomic E-state index is 12.6. The van der Waals surface area contributed by atoms with Gasteiger partial charge in [-0.2, -0.15) is 10.4 Å². The largest absolute Gasteiger partial charge is 0.494 e. The fourth-order valence-corrected chi connectivity index (χ4v) is 5.41. The molecule has 0 unspecified atom stereocenters. The number of benzene rings is 2. The standard InChI is InChI=1S/C30H30N4O6S/c1-3-4-15-39-21-12-10-20(11-13-21)30(37)40-24-14-9-19(16-25(24)38-2)18-32-34-28(36)27(35)33-29-23(17-31)22-7-5-6-8-26(22)41-29/h9-14,16,18H,3-8,15H2,1-2H3,(H,33,35)(H,34,36)/b32-18-. The third-order valence-corrected chi connectivity index (χ3v) is 7.55. The number of nitriles is 1. The van der Waals surface area contributed by atoms with Crippen LogP contribution in [0.1, 0.15) is 64.5 Å². The van der Waals surface area contributed by atoms with E-state index in [1.54, 1.807) is 36.4 Å². The predicted molar refractivity (Wildman–Crippen MR) is 155 cm³/mol. The highest BCUT2D eigenvalue weighted by Crippen LogP contribution is 2.37. The van der Waals surface area contributed by atoms with Crippen LogP contribution < -0.4 is 25.0 Å². The molecule has 11 heteroatoms. The number of ether oxygens (including phenoxy) is 3. The van der Waals surface area contributed by atoms with Crippen molar-refractivity contribution in [1.29, 1.82) is 5.26 Å². The second-order valence-electron chi connectivity index (χ2n) is 9.21. The summed E-state index contributed by atoms with van der Waals surface area (Å²) in [7, 11) is 1.43. The van der Waals surface area contributed by atoms with Gasteiger partial charge in [0.25, 0.3) is 0 Å². The molecule has 0 saturated carbocycles. The number of nitrogens with one attached hydrogen (secondary N) is 2. The summed E-state index contributed by atoms with van der Waals surface area (Å²) >= 11 is 1.34. The molecule has 1 aliphatic carbocycles. The summed E-state index contributed by atoms with van der Waals surface area (Å²) in [5, 5.41) is 16.3. The van der Waals surface area contributed by atoms with E-state index in [0.29, 0.717) is 34.0 Å². The van der Waals surface area contributed by atoms with Crippen molar-refractivity contribution in [3.8, 4) is 23.3 Å². The molecular formula is C30H30N4O6S. The van der Waals surface area contributed by atoms with E-state index in [1.807, 2.05) is 0 Å². The number of hydrogen-bond donors (Lipinski definition) is 2. The van der Waals surface area contributed by atoms with E-state index in [9.17, 15) is 19.6 Å². The van der Waals surface area contributed by atoms with E-state index in [2.05, 4.69) is 28.8 Å². The minimum absolute atomic E-state index is 0.202. The topological polar surface area (TPSA) is 139 Å². The van der Waals surface area contributed by atoms with Gasteiger partial charge in [0.15, 0.2) is 11.5 Å². The number of rotatable bonds is 10. The smallest absolute Gasteiger partial charge is 0.343 e. The van der Waals surface area contributed by atoms with Crippen molar-refractivity contribution in [1.82, 2.24) is 5.43 Å². The second-order valence-corrected chi connectivity index (χ2v) is 10.3. The number of nitrogens with zero attached hydrogens (tertiary/aromatic N) is 2. The molecule has 0 fully saturated rings. The number of methoxy groups -OCH3 is 1. The number of carbonyl (C=O) groups excluding carboxylic acids is 3. The van der Waals surface area contributed by atoms with Gasteiger partial charge in [-0.25, -0.2) is 10.2 Å². The van der Waals surface area contributed by atoms with Gasteiger partial charge in [-0.1, -0.05) is 13.3 Å². The lowest BCUT2D eigenvalue weighted by Gasteiger charge is -2.10. The highest BCUT2D eigenvalue weighted by molar-refractivity contribution is 7.16. The van der Waals surface area contributed by atoms with Gasteiger partial charge in [0.1, 0.15) is 16.8 Å². The molecule has 10 nitrogen and oxygen atoms in total. The van der Waals surface area contributed by atoms with Gasteiger partial charge >= 0.3 is 17.8 Å². The van der Waals surface area contributed by atoms with E-state index in [-0.39, 0.29) is 11.5 Å². The Morgan fingerprint density at radius 3 is 2.59 bits per heavy atom. The number of thiophene rings is 1. The first-order valence-corrected chi connectivity index (χ1v) is 14.1. The molecule has 0 saturated heterocycles. The number of aryl methyl sites for hydroxylation is 1. The minimum Gasteiger partial charge on any atom is -0.494 e. The first-order chi connectivity index (χ1) is 19.9. The quantitative estimate of drug-likeness (QED) is 0.0868. The number of esters is 1. The third kappa shape index (κ3) is 7.49. The lowest BCUT2D eigenvalue weighted by Crippen LogP contribution is -2.32. The molecule has 2 amide bonds. The molecule has 0 spiro atoms. The van der Waals surface area contributed by atoms with Crippen molar-refractivity contribution in [2.45, 2.75) is 45.4 Å². The van der Waals surface area contributed by atoms with Gasteiger partial charge in [-0.05, 0) is 85.7 Å². The Morgan fingerprint density at radius 1 is 1.07 bits per heavy atom. The molecule has 1 heterocycles. The van der Waals surface area contributed by atoms with Crippen molar-refractivity contribution < 1.29 is 28.6 Å². The summed E-state index contributed by atoms with van der Waals surface area (Å²) in [5.74, 6) is -1.30. The molecule has 212 valence electrons. The normalized spacial score (nSPS) is 12.2. The van der Waals surface area contributed by atoms with Crippen LogP contribution in [-0.2, 0) is 22.4 Å². The van der Waals surface area contributed by atoms with Gasteiger partial charge in [-0.15, -0.1) is 11.3 Å². The monoisotopic (exact) mass is 574 g/mol. The van der Waals surface area contributed by atoms with E-state index in [1.165, 1.54) is 30.7 Å². The van der Waals surface area contributed by atoms with Crippen LogP contribution in [-0.4, -0.2) is 37.7 Å². The number of hydrogen-bond acceptors (Lipinski definition) is 9. The van der Waals surface area contributed by atoms with E-state index < -0.39 is 17.8 Å². The highest BCUT2D eigenvalue weighted by Gasteiger charge is 2.23. The zero-order valence-corrected chi connectivity index (χ0v) is 23.6. The van der Waals surface area contributed by atoms with Crippen LogP contribution in [0.5, 0.6) is 17.2 Å². The van der Waals surface area contributed by atoms with Crippen LogP contribution >= 0.6 is 11.3 Å². The number of fused-ring (bicyclic) bond motifs is 1. The van der Waals surface area contributed by atoms with Crippen LogP contribution in [0.2, 0.25) is 0 Å². The first kappa shape index (κ1) is 29.3. The zero-order valence-electron chi connectivity index (χ0n) is 22.8. The molecule has 0 atom stereocenters. The Balaban J connectivity index is 1.33. The molecule has 0 bridgehead atoms. The average molecular weight is 575 g/mol. The number of anilines is 1. The average Bonchev–Trinajstić information content (AvgIpc) is 3.34. The van der Waals surface area contributed by atoms with Gasteiger partial charge in [-0.3, -0.25) is 9.59 Å². The van der Waals surface area contributed by atoms with Crippen molar-refractivity contribution in [3.63, 3.8) is 0 Å². The molecule has 0 radical (unpaired) electrons. The predicted octanol–water partition coefficient (Wildman–Crippen LogP) is 4.99. The summed E-state index contributed by atoms with van der Waals surface area (Å²) in [6, 6.07) is 13.6. The Labute approximate surface area is 241 Å². The van der Waals surface area contributed by atoms with Crippen LogP contribution in [0.25, 0.3) is 0 Å². The molecule has 1 aromatic heterocycles. The van der Waals surface area contributed by atoms with Crippen LogP contribution in [0.15, 0.2) is 47.6 Å². The number of carbonyl (C=O) groups is 3. The lowest BCUT2D eigenvalue weighted by molar-refractivity contribution is -0.136. The SMILES string of the molecule is CCCCOc1ccc(C(=O)Oc2ccc(/C=N\NC(=O)C(=O)Nc3sc4c(c3C#N)CCCC4)cc2OC)cc1. The first-order valence-electron chi connectivity index (χ1n) is 13.3. The second kappa shape index (κ2) is 14.1. The fourth-order valence-electron chi connectivity index (χ4n) is 4.18. The maximum absolute atomic E-state index is 12.6. The van der Waals surface area contributed by atoms with Crippen molar-refractivity contribution in [3.05, 3.63) is 69.6 Å². The van der Waals surface area contributed by atoms with Gasteiger partial charge in [0.2, 0.25) is 0 Å². The molecule has 41 heavy (non-hydrogen) atoms. The number of amides is 2. The Kier molecular flexibility index (Phi) is 10.1. The summed E-state index contributed by atoms with van der Waals surface area (Å²) in [6.07, 6.45) is 7.00. The van der Waals surface area contributed by atoms with Crippen LogP contribution in [0.4, 0.5) is 5.00 Å². The van der Waals surface area contributed by atoms with Gasteiger partial charge in [0.05, 0.1) is 31.1 Å². The Bertz CT molecular complexity index is 1490. The van der Waals surface area contributed by atoms with Crippen molar-refractivity contribution in [2.75, 3.05) is 19.0 Å². The summed E-state index contributed by atoms with van der Waals surface area (Å²) < 4.78 is 16.5. The lowest BCUT2D eigenvalue weighted by atomic mass is 9.96. The van der Waals surface area contributed by atoms with E-state index >= 15 is 0 Å². The molecule has 1 aliphatic rings. The van der Waals surface area contributed by atoms with Crippen molar-refractivity contribution in [2.24, 2.45) is 5.10 Å². The molecule has 0 aliphatic heterocycles. The van der Waals surface area contributed by atoms with Crippen LogP contribution in [0.3, 0.4) is 0 Å². The fraction of sp³-hybridized carbons (Fsp3) is 0.300. The third-order valence-electron chi connectivity index (χ3n) is 6.34. The molecule has 3 aromatic rings. The summed E-state index contributed by atoms with van der Waals surface area (Å²) in [6.45, 7) is 2.70. The Hall–Kier alpha value is -4.69. The van der Waals surface area contributed by atoms with Gasteiger partial charge in [0, 0.05) is 4.88 Å². The number of hydrazone groups is 1. The van der Waals surface area contributed by atoms with Crippen LogP contribution in [0, 0.1) is 11.3 Å². The van der Waals surface area contributed by atoms with E-state index in [4.69, 9.17) is 14.2 Å². The highest BCUT2D eigenvalue weighted by atomic mass is 32.1. The maximum Gasteiger partial charge on any atom is 0.343 e.